The van der Waals surface area contributed by atoms with Gasteiger partial charge >= 0.3 is 0 Å². The highest BCUT2D eigenvalue weighted by atomic mass is 35.5. The lowest BCUT2D eigenvalue weighted by Gasteiger charge is -2.11. The van der Waals surface area contributed by atoms with Crippen molar-refractivity contribution in [3.05, 3.63) is 58.6 Å². The molecule has 0 saturated heterocycles. The number of aromatic nitrogens is 3. The molecule has 0 radical (unpaired) electrons. The van der Waals surface area contributed by atoms with Crippen LogP contribution in [0.15, 0.2) is 47.6 Å². The number of benzene rings is 2. The average Bonchev–Trinajstić information content (AvgIpc) is 3.10. The lowest BCUT2D eigenvalue weighted by molar-refractivity contribution is -0.116. The Labute approximate surface area is 201 Å². The van der Waals surface area contributed by atoms with E-state index in [1.807, 2.05) is 41.0 Å². The number of carbonyl (C=O) groups excluding carboxylic acids is 2. The van der Waals surface area contributed by atoms with Crippen LogP contribution in [-0.4, -0.2) is 45.9 Å². The SMILES string of the molecule is COCCCn1c(SCC(=O)c2ccc3c(c2)CCCC(=O)N3)nnc1-c1ccccc1Cl. The molecule has 9 heteroatoms. The van der Waals surface area contributed by atoms with Gasteiger partial charge in [0.25, 0.3) is 0 Å². The first-order valence-electron chi connectivity index (χ1n) is 10.8. The predicted molar refractivity (Wildman–Crippen MR) is 130 cm³/mol. The minimum atomic E-state index is 0.00380. The smallest absolute Gasteiger partial charge is 0.224 e. The van der Waals surface area contributed by atoms with Gasteiger partial charge in [-0.1, -0.05) is 35.5 Å². The summed E-state index contributed by atoms with van der Waals surface area (Å²) in [4.78, 5) is 24.7. The fraction of sp³-hybridized carbons (Fsp3) is 0.333. The van der Waals surface area contributed by atoms with E-state index in [1.54, 1.807) is 13.2 Å². The maximum atomic E-state index is 12.9. The van der Waals surface area contributed by atoms with E-state index in [0.717, 1.165) is 36.1 Å². The zero-order valence-electron chi connectivity index (χ0n) is 18.3. The Morgan fingerprint density at radius 2 is 2.06 bits per heavy atom. The van der Waals surface area contributed by atoms with E-state index in [4.69, 9.17) is 16.3 Å². The molecule has 0 atom stereocenters. The Kier molecular flexibility index (Phi) is 7.80. The number of methoxy groups -OCH3 is 1. The maximum Gasteiger partial charge on any atom is 0.224 e. The van der Waals surface area contributed by atoms with E-state index in [9.17, 15) is 9.59 Å². The summed E-state index contributed by atoms with van der Waals surface area (Å²) >= 11 is 7.75. The molecule has 2 aromatic carbocycles. The molecule has 0 aliphatic carbocycles. The monoisotopic (exact) mass is 484 g/mol. The van der Waals surface area contributed by atoms with E-state index in [2.05, 4.69) is 15.5 Å². The van der Waals surface area contributed by atoms with Gasteiger partial charge in [0.2, 0.25) is 5.91 Å². The molecule has 1 aliphatic heterocycles. The van der Waals surface area contributed by atoms with Crippen LogP contribution in [0.1, 0.15) is 35.2 Å². The van der Waals surface area contributed by atoms with Crippen molar-refractivity contribution in [3.63, 3.8) is 0 Å². The van der Waals surface area contributed by atoms with E-state index >= 15 is 0 Å². The van der Waals surface area contributed by atoms with Gasteiger partial charge in [-0.05, 0) is 55.2 Å². The quantitative estimate of drug-likeness (QED) is 0.264. The number of hydrogen-bond acceptors (Lipinski definition) is 6. The molecule has 4 rings (SSSR count). The van der Waals surface area contributed by atoms with Crippen LogP contribution in [0.3, 0.4) is 0 Å². The fourth-order valence-electron chi connectivity index (χ4n) is 3.77. The van der Waals surface area contributed by atoms with Gasteiger partial charge in [0.05, 0.1) is 10.8 Å². The summed E-state index contributed by atoms with van der Waals surface area (Å²) in [5.74, 6) is 0.929. The molecule has 172 valence electrons. The van der Waals surface area contributed by atoms with Crippen LogP contribution in [0, 0.1) is 0 Å². The Balaban J connectivity index is 1.52. The van der Waals surface area contributed by atoms with Crippen molar-refractivity contribution in [2.24, 2.45) is 0 Å². The molecule has 0 bridgehead atoms. The van der Waals surface area contributed by atoms with Crippen molar-refractivity contribution >= 4 is 40.7 Å². The van der Waals surface area contributed by atoms with E-state index in [1.165, 1.54) is 11.8 Å². The van der Waals surface area contributed by atoms with Crippen LogP contribution in [0.2, 0.25) is 5.02 Å². The lowest BCUT2D eigenvalue weighted by Crippen LogP contribution is -2.10. The summed E-state index contributed by atoms with van der Waals surface area (Å²) in [5.41, 5.74) is 3.23. The fourth-order valence-corrected chi connectivity index (χ4v) is 4.85. The molecule has 0 spiro atoms. The first kappa shape index (κ1) is 23.5. The number of hydrogen-bond donors (Lipinski definition) is 1. The molecule has 1 aliphatic rings. The Morgan fingerprint density at radius 1 is 1.21 bits per heavy atom. The number of nitrogens with one attached hydrogen (secondary N) is 1. The first-order valence-corrected chi connectivity index (χ1v) is 12.2. The number of rotatable bonds is 9. The number of anilines is 1. The normalized spacial score (nSPS) is 13.3. The Bertz CT molecular complexity index is 1160. The summed E-state index contributed by atoms with van der Waals surface area (Å²) in [5, 5.41) is 12.9. The first-order chi connectivity index (χ1) is 16.1. The number of halogens is 1. The summed E-state index contributed by atoms with van der Waals surface area (Å²) in [6.45, 7) is 1.26. The largest absolute Gasteiger partial charge is 0.385 e. The minimum absolute atomic E-state index is 0.00380. The topological polar surface area (TPSA) is 86.1 Å². The van der Waals surface area contributed by atoms with Crippen molar-refractivity contribution < 1.29 is 14.3 Å². The Hall–Kier alpha value is -2.68. The third-order valence-electron chi connectivity index (χ3n) is 5.45. The maximum absolute atomic E-state index is 12.9. The molecule has 0 fully saturated rings. The predicted octanol–water partition coefficient (Wildman–Crippen LogP) is 4.88. The van der Waals surface area contributed by atoms with Crippen LogP contribution in [-0.2, 0) is 22.5 Å². The van der Waals surface area contributed by atoms with Gasteiger partial charge in [0, 0.05) is 43.5 Å². The lowest BCUT2D eigenvalue weighted by atomic mass is 10.0. The van der Waals surface area contributed by atoms with Gasteiger partial charge in [-0.25, -0.2) is 0 Å². The molecule has 7 nitrogen and oxygen atoms in total. The van der Waals surface area contributed by atoms with E-state index in [0.29, 0.717) is 41.1 Å². The summed E-state index contributed by atoms with van der Waals surface area (Å²) < 4.78 is 7.19. The van der Waals surface area contributed by atoms with Gasteiger partial charge in [-0.2, -0.15) is 0 Å². The van der Waals surface area contributed by atoms with Crippen LogP contribution in [0.4, 0.5) is 5.69 Å². The molecule has 2 heterocycles. The third-order valence-corrected chi connectivity index (χ3v) is 6.74. The standard InChI is InChI=1S/C24H25ClN4O3S/c1-32-13-5-12-29-23(18-7-2-3-8-19(18)25)27-28-24(29)33-15-21(30)17-10-11-20-16(14-17)6-4-9-22(31)26-20/h2-3,7-8,10-11,14H,4-6,9,12-13,15H2,1H3,(H,26,31). The van der Waals surface area contributed by atoms with Gasteiger partial charge in [0.15, 0.2) is 16.8 Å². The second kappa shape index (κ2) is 11.0. The molecule has 1 amide bonds. The highest BCUT2D eigenvalue weighted by Crippen LogP contribution is 2.30. The molecule has 1 N–H and O–H groups in total. The summed E-state index contributed by atoms with van der Waals surface area (Å²) in [6, 6.07) is 13.0. The summed E-state index contributed by atoms with van der Waals surface area (Å²) in [6.07, 6.45) is 2.84. The highest BCUT2D eigenvalue weighted by Gasteiger charge is 2.19. The van der Waals surface area contributed by atoms with Gasteiger partial charge in [-0.15, -0.1) is 10.2 Å². The molecule has 1 aromatic heterocycles. The van der Waals surface area contributed by atoms with Crippen molar-refractivity contribution in [3.8, 4) is 11.4 Å². The molecule has 0 unspecified atom stereocenters. The summed E-state index contributed by atoms with van der Waals surface area (Å²) in [7, 11) is 1.67. The van der Waals surface area contributed by atoms with Crippen LogP contribution in [0.5, 0.6) is 0 Å². The van der Waals surface area contributed by atoms with E-state index < -0.39 is 0 Å². The minimum Gasteiger partial charge on any atom is -0.385 e. The Morgan fingerprint density at radius 3 is 2.88 bits per heavy atom. The molecule has 33 heavy (non-hydrogen) atoms. The van der Waals surface area contributed by atoms with Crippen molar-refractivity contribution in [1.29, 1.82) is 0 Å². The van der Waals surface area contributed by atoms with Gasteiger partial charge in [-0.3, -0.25) is 9.59 Å². The van der Waals surface area contributed by atoms with Crippen LogP contribution < -0.4 is 5.32 Å². The van der Waals surface area contributed by atoms with Crippen LogP contribution in [0.25, 0.3) is 11.4 Å². The van der Waals surface area contributed by atoms with Crippen molar-refractivity contribution in [1.82, 2.24) is 14.8 Å². The number of nitrogens with zero attached hydrogens (tertiary/aromatic N) is 3. The van der Waals surface area contributed by atoms with Gasteiger partial charge in [0.1, 0.15) is 0 Å². The van der Waals surface area contributed by atoms with Crippen molar-refractivity contribution in [2.75, 3.05) is 24.8 Å². The number of carbonyl (C=O) groups is 2. The number of fused-ring (bicyclic) bond motifs is 1. The number of Topliss-reactive ketones (excluding diaryl/α,β-unsaturated/α-hetero) is 1. The zero-order chi connectivity index (χ0) is 23.2. The van der Waals surface area contributed by atoms with Crippen molar-refractivity contribution in [2.45, 2.75) is 37.4 Å². The average molecular weight is 485 g/mol. The number of thioether (sulfide) groups is 1. The van der Waals surface area contributed by atoms with Gasteiger partial charge < -0.3 is 14.6 Å². The molecular weight excluding hydrogens is 460 g/mol. The molecular formula is C24H25ClN4O3S. The highest BCUT2D eigenvalue weighted by molar-refractivity contribution is 7.99. The second-order valence-electron chi connectivity index (χ2n) is 7.77. The molecule has 3 aromatic rings. The number of ketones is 1. The number of amides is 1. The second-order valence-corrected chi connectivity index (χ2v) is 9.12. The number of ether oxygens (including phenoxy) is 1. The van der Waals surface area contributed by atoms with Crippen LogP contribution >= 0.6 is 23.4 Å². The molecule has 0 saturated carbocycles. The third kappa shape index (κ3) is 5.63. The number of aryl methyl sites for hydroxylation is 1. The van der Waals surface area contributed by atoms with E-state index in [-0.39, 0.29) is 17.4 Å². The zero-order valence-corrected chi connectivity index (χ0v) is 19.9.